The van der Waals surface area contributed by atoms with Crippen LogP contribution in [-0.2, 0) is 4.74 Å². The fourth-order valence-electron chi connectivity index (χ4n) is 3.33. The quantitative estimate of drug-likeness (QED) is 0.625. The van der Waals surface area contributed by atoms with Gasteiger partial charge >= 0.3 is 0 Å². The summed E-state index contributed by atoms with van der Waals surface area (Å²) in [7, 11) is 0. The zero-order chi connectivity index (χ0) is 14.6. The third-order valence-electron chi connectivity index (χ3n) is 4.92. The molecule has 116 valence electrons. The lowest BCUT2D eigenvalue weighted by Gasteiger charge is -2.36. The molecule has 20 heavy (non-hydrogen) atoms. The summed E-state index contributed by atoms with van der Waals surface area (Å²) in [6, 6.07) is 0. The van der Waals surface area contributed by atoms with Crippen LogP contribution in [0.3, 0.4) is 0 Å². The molecule has 0 aromatic rings. The van der Waals surface area contributed by atoms with Crippen molar-refractivity contribution in [3.05, 3.63) is 0 Å². The molecule has 0 atom stereocenters. The molecular formula is C16H31N3O. The average Bonchev–Trinajstić information content (AvgIpc) is 2.45. The van der Waals surface area contributed by atoms with Gasteiger partial charge in [-0.25, -0.2) is 0 Å². The molecule has 1 aliphatic carbocycles. The first-order chi connectivity index (χ1) is 9.47. The van der Waals surface area contributed by atoms with Crippen molar-refractivity contribution >= 4 is 5.96 Å². The predicted molar refractivity (Wildman–Crippen MR) is 83.8 cm³/mol. The van der Waals surface area contributed by atoms with E-state index in [0.29, 0.717) is 11.4 Å². The maximum Gasteiger partial charge on any atom is 0.191 e. The van der Waals surface area contributed by atoms with Gasteiger partial charge in [-0.1, -0.05) is 20.8 Å². The van der Waals surface area contributed by atoms with Crippen molar-refractivity contribution in [1.82, 2.24) is 4.90 Å². The van der Waals surface area contributed by atoms with Crippen molar-refractivity contribution in [2.75, 3.05) is 32.8 Å². The number of nitrogens with two attached hydrogens (primary N) is 1. The molecule has 2 N–H and O–H groups in total. The first-order valence-corrected chi connectivity index (χ1v) is 8.09. The zero-order valence-electron chi connectivity index (χ0n) is 13.4. The molecule has 1 saturated carbocycles. The Kier molecular flexibility index (Phi) is 5.30. The van der Waals surface area contributed by atoms with E-state index >= 15 is 0 Å². The van der Waals surface area contributed by atoms with Crippen LogP contribution < -0.4 is 5.73 Å². The smallest absolute Gasteiger partial charge is 0.191 e. The lowest BCUT2D eigenvalue weighted by Crippen LogP contribution is -2.45. The van der Waals surface area contributed by atoms with Gasteiger partial charge in [0.15, 0.2) is 5.96 Å². The predicted octanol–water partition coefficient (Wildman–Crippen LogP) is 2.49. The lowest BCUT2D eigenvalue weighted by atomic mass is 9.70. The highest BCUT2D eigenvalue weighted by Crippen LogP contribution is 2.39. The summed E-state index contributed by atoms with van der Waals surface area (Å²) in [5.74, 6) is 2.32. The molecular weight excluding hydrogens is 250 g/mol. The molecule has 0 aromatic carbocycles. The fourth-order valence-corrected chi connectivity index (χ4v) is 3.33. The Hall–Kier alpha value is -0.770. The highest BCUT2D eigenvalue weighted by Gasteiger charge is 2.29. The molecule has 2 aliphatic rings. The lowest BCUT2D eigenvalue weighted by molar-refractivity contribution is 0.0673. The van der Waals surface area contributed by atoms with Crippen LogP contribution in [0.2, 0.25) is 0 Å². The van der Waals surface area contributed by atoms with E-state index < -0.39 is 0 Å². The van der Waals surface area contributed by atoms with Gasteiger partial charge < -0.3 is 15.4 Å². The number of guanidine groups is 1. The minimum atomic E-state index is 0.459. The van der Waals surface area contributed by atoms with Crippen LogP contribution in [0.15, 0.2) is 4.99 Å². The summed E-state index contributed by atoms with van der Waals surface area (Å²) in [5, 5.41) is 0. The molecule has 0 bridgehead atoms. The van der Waals surface area contributed by atoms with E-state index in [1.807, 2.05) is 0 Å². The topological polar surface area (TPSA) is 50.8 Å². The van der Waals surface area contributed by atoms with Gasteiger partial charge in [0.05, 0.1) is 13.2 Å². The van der Waals surface area contributed by atoms with E-state index in [2.05, 4.69) is 30.7 Å². The van der Waals surface area contributed by atoms with Gasteiger partial charge in [0.2, 0.25) is 0 Å². The maximum atomic E-state index is 6.08. The molecule has 0 aromatic heterocycles. The number of ether oxygens (including phenoxy) is 1. The van der Waals surface area contributed by atoms with Crippen molar-refractivity contribution in [3.63, 3.8) is 0 Å². The third-order valence-corrected chi connectivity index (χ3v) is 4.92. The van der Waals surface area contributed by atoms with Crippen LogP contribution in [0.1, 0.15) is 46.5 Å². The summed E-state index contributed by atoms with van der Waals surface area (Å²) >= 11 is 0. The zero-order valence-corrected chi connectivity index (χ0v) is 13.4. The highest BCUT2D eigenvalue weighted by atomic mass is 16.5. The summed E-state index contributed by atoms with van der Waals surface area (Å²) in [5.41, 5.74) is 6.54. The van der Waals surface area contributed by atoms with E-state index in [-0.39, 0.29) is 0 Å². The van der Waals surface area contributed by atoms with Crippen LogP contribution in [0, 0.1) is 17.3 Å². The summed E-state index contributed by atoms with van der Waals surface area (Å²) in [6.07, 6.45) is 5.31. The second-order valence-electron chi connectivity index (χ2n) is 7.38. The normalized spacial score (nSPS) is 29.6. The molecule has 0 radical (unpaired) electrons. The minimum absolute atomic E-state index is 0.459. The van der Waals surface area contributed by atoms with Gasteiger partial charge in [-0.3, -0.25) is 4.99 Å². The van der Waals surface area contributed by atoms with E-state index in [4.69, 9.17) is 10.5 Å². The van der Waals surface area contributed by atoms with Crippen molar-refractivity contribution < 1.29 is 4.74 Å². The Bertz CT molecular complexity index is 321. The van der Waals surface area contributed by atoms with E-state index in [1.54, 1.807) is 0 Å². The minimum Gasteiger partial charge on any atom is -0.378 e. The molecule has 4 nitrogen and oxygen atoms in total. The molecule has 0 spiro atoms. The number of nitrogens with zero attached hydrogens (tertiary/aromatic N) is 2. The molecule has 2 rings (SSSR count). The van der Waals surface area contributed by atoms with Gasteiger partial charge in [0, 0.05) is 19.6 Å². The van der Waals surface area contributed by atoms with Crippen LogP contribution in [0.5, 0.6) is 0 Å². The third kappa shape index (κ3) is 4.37. The first-order valence-electron chi connectivity index (χ1n) is 8.09. The Morgan fingerprint density at radius 1 is 1.15 bits per heavy atom. The average molecular weight is 281 g/mol. The van der Waals surface area contributed by atoms with Crippen LogP contribution >= 0.6 is 0 Å². The monoisotopic (exact) mass is 281 g/mol. The molecule has 1 heterocycles. The van der Waals surface area contributed by atoms with E-state index in [1.165, 1.54) is 25.7 Å². The van der Waals surface area contributed by atoms with Crippen LogP contribution in [0.4, 0.5) is 0 Å². The molecule has 1 aliphatic heterocycles. The van der Waals surface area contributed by atoms with E-state index in [9.17, 15) is 0 Å². The van der Waals surface area contributed by atoms with Crippen molar-refractivity contribution in [2.45, 2.75) is 46.5 Å². The molecule has 0 amide bonds. The highest BCUT2D eigenvalue weighted by molar-refractivity contribution is 5.78. The molecule has 0 unspecified atom stereocenters. The molecule has 2 fully saturated rings. The Morgan fingerprint density at radius 3 is 2.30 bits per heavy atom. The first kappa shape index (κ1) is 15.6. The van der Waals surface area contributed by atoms with Crippen LogP contribution in [0.25, 0.3) is 0 Å². The van der Waals surface area contributed by atoms with Crippen LogP contribution in [-0.4, -0.2) is 43.7 Å². The van der Waals surface area contributed by atoms with Gasteiger partial charge in [-0.2, -0.15) is 0 Å². The summed E-state index contributed by atoms with van der Waals surface area (Å²) in [6.45, 7) is 11.3. The van der Waals surface area contributed by atoms with Gasteiger partial charge in [-0.15, -0.1) is 0 Å². The van der Waals surface area contributed by atoms with Crippen molar-refractivity contribution in [1.29, 1.82) is 0 Å². The fraction of sp³-hybridized carbons (Fsp3) is 0.938. The standard InChI is InChI=1S/C16H31N3O/c1-16(2,3)14-6-4-13(5-7-14)12-18-15(17)19-8-10-20-11-9-19/h13-14H,4-12H2,1-3H3,(H2,17,18). The van der Waals surface area contributed by atoms with Gasteiger partial charge in [-0.05, 0) is 42.9 Å². The van der Waals surface area contributed by atoms with Gasteiger partial charge in [0.25, 0.3) is 0 Å². The second-order valence-corrected chi connectivity index (χ2v) is 7.38. The SMILES string of the molecule is CC(C)(C)C1CCC(CN=C(N)N2CCOCC2)CC1. The number of aliphatic imine (C=N–C) groups is 1. The van der Waals surface area contributed by atoms with E-state index in [0.717, 1.165) is 44.7 Å². The Balaban J connectivity index is 1.75. The number of hydrogen-bond donors (Lipinski definition) is 1. The number of hydrogen-bond acceptors (Lipinski definition) is 2. The number of morpholine rings is 1. The van der Waals surface area contributed by atoms with Gasteiger partial charge in [0.1, 0.15) is 0 Å². The molecule has 4 heteroatoms. The Morgan fingerprint density at radius 2 is 1.75 bits per heavy atom. The van der Waals surface area contributed by atoms with Crippen molar-refractivity contribution in [2.24, 2.45) is 28.0 Å². The molecule has 1 saturated heterocycles. The Labute approximate surface area is 123 Å². The number of rotatable bonds is 2. The maximum absolute atomic E-state index is 6.08. The summed E-state index contributed by atoms with van der Waals surface area (Å²) in [4.78, 5) is 6.77. The largest absolute Gasteiger partial charge is 0.378 e. The summed E-state index contributed by atoms with van der Waals surface area (Å²) < 4.78 is 5.34. The second kappa shape index (κ2) is 6.79. The van der Waals surface area contributed by atoms with Crippen molar-refractivity contribution in [3.8, 4) is 0 Å².